The minimum absolute atomic E-state index is 0.0669. The van der Waals surface area contributed by atoms with E-state index in [1.54, 1.807) is 20.0 Å². The van der Waals surface area contributed by atoms with Gasteiger partial charge < -0.3 is 8.83 Å². The SMILES string of the molecule is Cc1nnc(C2CCN(S(=O)(=O)c3ccc4c(c3)oc(=O)n4C)CC2)o1. The third-order valence-corrected chi connectivity index (χ3v) is 6.64. The topological polar surface area (TPSA) is 111 Å². The van der Waals surface area contributed by atoms with Crippen LogP contribution >= 0.6 is 0 Å². The average molecular weight is 378 g/mol. The van der Waals surface area contributed by atoms with E-state index in [-0.39, 0.29) is 16.4 Å². The fraction of sp³-hybridized carbons (Fsp3) is 0.438. The Morgan fingerprint density at radius 3 is 2.54 bits per heavy atom. The Hall–Kier alpha value is -2.46. The lowest BCUT2D eigenvalue weighted by Gasteiger charge is -2.29. The van der Waals surface area contributed by atoms with Crippen molar-refractivity contribution in [1.82, 2.24) is 19.1 Å². The van der Waals surface area contributed by atoms with Crippen molar-refractivity contribution in [1.29, 1.82) is 0 Å². The van der Waals surface area contributed by atoms with Crippen LogP contribution < -0.4 is 5.76 Å². The zero-order valence-corrected chi connectivity index (χ0v) is 15.2. The molecule has 10 heteroatoms. The molecule has 1 aliphatic heterocycles. The van der Waals surface area contributed by atoms with E-state index in [0.717, 1.165) is 0 Å². The van der Waals surface area contributed by atoms with Gasteiger partial charge in [-0.2, -0.15) is 4.31 Å². The van der Waals surface area contributed by atoms with E-state index >= 15 is 0 Å². The number of piperidine rings is 1. The van der Waals surface area contributed by atoms with E-state index in [2.05, 4.69) is 10.2 Å². The molecule has 2 aromatic heterocycles. The molecule has 3 heterocycles. The summed E-state index contributed by atoms with van der Waals surface area (Å²) in [5, 5.41) is 7.86. The highest BCUT2D eigenvalue weighted by Gasteiger charge is 2.32. The highest BCUT2D eigenvalue weighted by atomic mass is 32.2. The standard InChI is InChI=1S/C16H18N4O5S/c1-10-17-18-15(24-10)11-5-7-20(8-6-11)26(22,23)12-3-4-13-14(9-12)25-16(21)19(13)2/h3-4,9,11H,5-8H2,1-2H3. The molecule has 1 aromatic carbocycles. The molecule has 138 valence electrons. The van der Waals surface area contributed by atoms with Crippen LogP contribution in [0.5, 0.6) is 0 Å². The predicted octanol–water partition coefficient (Wildman–Crippen LogP) is 1.39. The zero-order chi connectivity index (χ0) is 18.5. The van der Waals surface area contributed by atoms with Gasteiger partial charge in [0.25, 0.3) is 0 Å². The molecule has 0 N–H and O–H groups in total. The number of oxazole rings is 1. The van der Waals surface area contributed by atoms with E-state index in [1.807, 2.05) is 0 Å². The Balaban J connectivity index is 1.56. The fourth-order valence-corrected chi connectivity index (χ4v) is 4.73. The lowest BCUT2D eigenvalue weighted by atomic mass is 9.98. The second kappa shape index (κ2) is 6.06. The summed E-state index contributed by atoms with van der Waals surface area (Å²) < 4.78 is 39.2. The quantitative estimate of drug-likeness (QED) is 0.677. The van der Waals surface area contributed by atoms with Crippen molar-refractivity contribution in [2.24, 2.45) is 7.05 Å². The minimum Gasteiger partial charge on any atom is -0.425 e. The molecule has 26 heavy (non-hydrogen) atoms. The van der Waals surface area contributed by atoms with Gasteiger partial charge >= 0.3 is 5.76 Å². The molecular weight excluding hydrogens is 360 g/mol. The summed E-state index contributed by atoms with van der Waals surface area (Å²) in [5.74, 6) is 0.613. The van der Waals surface area contributed by atoms with E-state index in [4.69, 9.17) is 8.83 Å². The van der Waals surface area contributed by atoms with E-state index in [9.17, 15) is 13.2 Å². The number of fused-ring (bicyclic) bond motifs is 1. The van der Waals surface area contributed by atoms with Crippen LogP contribution in [0.3, 0.4) is 0 Å². The monoisotopic (exact) mass is 378 g/mol. The molecule has 9 nitrogen and oxygen atoms in total. The predicted molar refractivity (Wildman–Crippen MR) is 91.2 cm³/mol. The molecule has 0 saturated carbocycles. The van der Waals surface area contributed by atoms with Gasteiger partial charge in [0, 0.05) is 39.0 Å². The summed E-state index contributed by atoms with van der Waals surface area (Å²) in [6, 6.07) is 4.49. The van der Waals surface area contributed by atoms with Crippen molar-refractivity contribution in [3.05, 3.63) is 40.5 Å². The second-order valence-corrected chi connectivity index (χ2v) is 8.33. The third kappa shape index (κ3) is 2.74. The second-order valence-electron chi connectivity index (χ2n) is 6.39. The molecule has 1 saturated heterocycles. The Kier molecular flexibility index (Phi) is 3.96. The van der Waals surface area contributed by atoms with Gasteiger partial charge in [-0.3, -0.25) is 4.57 Å². The summed E-state index contributed by atoms with van der Waals surface area (Å²) in [5.41, 5.74) is 0.814. The van der Waals surface area contributed by atoms with Crippen molar-refractivity contribution in [3.63, 3.8) is 0 Å². The molecule has 0 bridgehead atoms. The van der Waals surface area contributed by atoms with Gasteiger partial charge in [-0.05, 0) is 25.0 Å². The molecule has 3 aromatic rings. The molecule has 0 radical (unpaired) electrons. The molecule has 0 atom stereocenters. The smallest absolute Gasteiger partial charge is 0.419 e. The molecule has 4 rings (SSSR count). The van der Waals surface area contributed by atoms with Gasteiger partial charge in [0.05, 0.1) is 10.4 Å². The van der Waals surface area contributed by atoms with Crippen molar-refractivity contribution in [2.75, 3.05) is 13.1 Å². The lowest BCUT2D eigenvalue weighted by molar-refractivity contribution is 0.288. The zero-order valence-electron chi connectivity index (χ0n) is 14.4. The number of hydrogen-bond donors (Lipinski definition) is 0. The Morgan fingerprint density at radius 1 is 1.15 bits per heavy atom. The van der Waals surface area contributed by atoms with Crippen LogP contribution in [0, 0.1) is 6.92 Å². The van der Waals surface area contributed by atoms with E-state index in [1.165, 1.54) is 21.0 Å². The lowest BCUT2D eigenvalue weighted by Crippen LogP contribution is -2.37. The van der Waals surface area contributed by atoms with Gasteiger partial charge in [-0.1, -0.05) is 0 Å². The highest BCUT2D eigenvalue weighted by Crippen LogP contribution is 2.30. The van der Waals surface area contributed by atoms with Crippen LogP contribution in [-0.4, -0.2) is 40.6 Å². The first-order valence-electron chi connectivity index (χ1n) is 8.26. The number of aromatic nitrogens is 3. The van der Waals surface area contributed by atoms with Crippen LogP contribution in [0.1, 0.15) is 30.5 Å². The van der Waals surface area contributed by atoms with Crippen LogP contribution in [0.15, 0.2) is 36.7 Å². The molecule has 0 unspecified atom stereocenters. The molecule has 0 spiro atoms. The van der Waals surface area contributed by atoms with Crippen molar-refractivity contribution in [3.8, 4) is 0 Å². The van der Waals surface area contributed by atoms with Crippen LogP contribution in [0.2, 0.25) is 0 Å². The Morgan fingerprint density at radius 2 is 1.88 bits per heavy atom. The largest absolute Gasteiger partial charge is 0.425 e. The van der Waals surface area contributed by atoms with Crippen molar-refractivity contribution in [2.45, 2.75) is 30.6 Å². The summed E-state index contributed by atoms with van der Waals surface area (Å²) >= 11 is 0. The molecule has 1 aliphatic rings. The molecule has 1 fully saturated rings. The molecule has 0 aliphatic carbocycles. The van der Waals surface area contributed by atoms with Gasteiger partial charge in [0.1, 0.15) is 0 Å². The summed E-state index contributed by atoms with van der Waals surface area (Å²) in [4.78, 5) is 11.7. The van der Waals surface area contributed by atoms with Gasteiger partial charge in [-0.25, -0.2) is 13.2 Å². The first-order chi connectivity index (χ1) is 12.4. The van der Waals surface area contributed by atoms with Gasteiger partial charge in [-0.15, -0.1) is 10.2 Å². The first kappa shape index (κ1) is 17.0. The number of benzene rings is 1. The van der Waals surface area contributed by atoms with E-state index < -0.39 is 15.8 Å². The summed E-state index contributed by atoms with van der Waals surface area (Å²) in [7, 11) is -2.09. The Bertz CT molecular complexity index is 1120. The van der Waals surface area contributed by atoms with Crippen LogP contribution in [-0.2, 0) is 17.1 Å². The van der Waals surface area contributed by atoms with Crippen molar-refractivity contribution >= 4 is 21.1 Å². The number of nitrogens with zero attached hydrogens (tertiary/aromatic N) is 4. The maximum atomic E-state index is 12.9. The molecular formula is C16H18N4O5S. The summed E-state index contributed by atoms with van der Waals surface area (Å²) in [6.07, 6.45) is 1.23. The number of hydrogen-bond acceptors (Lipinski definition) is 7. The maximum absolute atomic E-state index is 12.9. The van der Waals surface area contributed by atoms with Crippen LogP contribution in [0.25, 0.3) is 11.1 Å². The fourth-order valence-electron chi connectivity index (χ4n) is 3.24. The number of aryl methyl sites for hydroxylation is 2. The van der Waals surface area contributed by atoms with Gasteiger partial charge in [0.2, 0.25) is 21.8 Å². The third-order valence-electron chi connectivity index (χ3n) is 4.75. The number of sulfonamides is 1. The van der Waals surface area contributed by atoms with Crippen LogP contribution in [0.4, 0.5) is 0 Å². The first-order valence-corrected chi connectivity index (χ1v) is 9.70. The normalized spacial score (nSPS) is 17.2. The highest BCUT2D eigenvalue weighted by molar-refractivity contribution is 7.89. The molecule has 0 amide bonds. The number of rotatable bonds is 3. The Labute approximate surface area is 149 Å². The van der Waals surface area contributed by atoms with E-state index in [0.29, 0.717) is 43.2 Å². The minimum atomic E-state index is -3.66. The van der Waals surface area contributed by atoms with Crippen molar-refractivity contribution < 1.29 is 17.3 Å². The average Bonchev–Trinajstić information content (AvgIpc) is 3.18. The maximum Gasteiger partial charge on any atom is 0.419 e. The summed E-state index contributed by atoms with van der Waals surface area (Å²) in [6.45, 7) is 2.46. The van der Waals surface area contributed by atoms with Gasteiger partial charge in [0.15, 0.2) is 5.58 Å².